The topological polar surface area (TPSA) is 98.8 Å². The molecule has 2 aromatic carbocycles. The zero-order valence-corrected chi connectivity index (χ0v) is 16.8. The molecule has 150 valence electrons. The molecule has 0 saturated heterocycles. The van der Waals surface area contributed by atoms with Crippen LogP contribution in [0.2, 0.25) is 0 Å². The summed E-state index contributed by atoms with van der Waals surface area (Å²) in [6.07, 6.45) is 0.108. The van der Waals surface area contributed by atoms with Crippen LogP contribution < -0.4 is 10.1 Å². The van der Waals surface area contributed by atoms with Crippen LogP contribution in [-0.4, -0.2) is 39.3 Å². The maximum Gasteiger partial charge on any atom is 0.338 e. The Morgan fingerprint density at radius 2 is 1.71 bits per heavy atom. The van der Waals surface area contributed by atoms with Crippen molar-refractivity contribution < 1.29 is 27.5 Å². The van der Waals surface area contributed by atoms with Crippen molar-refractivity contribution in [2.24, 2.45) is 0 Å². The number of ether oxygens (including phenoxy) is 2. The summed E-state index contributed by atoms with van der Waals surface area (Å²) >= 11 is 0. The van der Waals surface area contributed by atoms with Crippen LogP contribution in [0.5, 0.6) is 5.75 Å². The highest BCUT2D eigenvalue weighted by molar-refractivity contribution is 7.89. The van der Waals surface area contributed by atoms with E-state index in [2.05, 4.69) is 5.32 Å². The van der Waals surface area contributed by atoms with Crippen molar-refractivity contribution in [1.82, 2.24) is 0 Å². The fourth-order valence-corrected chi connectivity index (χ4v) is 3.21. The Bertz CT molecular complexity index is 937. The van der Waals surface area contributed by atoms with Gasteiger partial charge in [0.1, 0.15) is 5.75 Å². The zero-order valence-electron chi connectivity index (χ0n) is 16.0. The van der Waals surface area contributed by atoms with Gasteiger partial charge in [0.15, 0.2) is 15.9 Å². The maximum atomic E-state index is 12.3. The number of hydrogen-bond donors (Lipinski definition) is 1. The fraction of sp³-hybridized carbons (Fsp3) is 0.300. The molecule has 1 amide bonds. The first-order valence-corrected chi connectivity index (χ1v) is 10.8. The van der Waals surface area contributed by atoms with Gasteiger partial charge in [0.25, 0.3) is 5.91 Å². The van der Waals surface area contributed by atoms with Gasteiger partial charge in [-0.15, -0.1) is 0 Å². The molecule has 0 unspecified atom stereocenters. The molecular formula is C20H23NO6S. The molecule has 0 aliphatic carbocycles. The minimum Gasteiger partial charge on any atom is -0.492 e. The van der Waals surface area contributed by atoms with Crippen molar-refractivity contribution in [3.63, 3.8) is 0 Å². The van der Waals surface area contributed by atoms with Crippen molar-refractivity contribution >= 4 is 27.4 Å². The Morgan fingerprint density at radius 1 is 1.07 bits per heavy atom. The Labute approximate surface area is 164 Å². The number of sulfone groups is 1. The van der Waals surface area contributed by atoms with E-state index in [4.69, 9.17) is 9.47 Å². The van der Waals surface area contributed by atoms with Gasteiger partial charge in [-0.2, -0.15) is 0 Å². The van der Waals surface area contributed by atoms with Crippen LogP contribution in [0.4, 0.5) is 5.69 Å². The molecule has 0 aliphatic rings. The first kappa shape index (κ1) is 21.4. The molecule has 0 heterocycles. The highest BCUT2D eigenvalue weighted by Gasteiger charge is 2.20. The number of amides is 1. The number of rotatable bonds is 8. The van der Waals surface area contributed by atoms with Crippen LogP contribution >= 0.6 is 0 Å². The van der Waals surface area contributed by atoms with Gasteiger partial charge >= 0.3 is 5.97 Å². The lowest BCUT2D eigenvalue weighted by Crippen LogP contribution is -2.30. The predicted molar refractivity (Wildman–Crippen MR) is 106 cm³/mol. The zero-order chi connectivity index (χ0) is 20.7. The molecule has 2 rings (SSSR count). The normalized spacial score (nSPS) is 12.1. The predicted octanol–water partition coefficient (Wildman–Crippen LogP) is 2.81. The summed E-state index contributed by atoms with van der Waals surface area (Å²) in [5.74, 6) is -0.750. The van der Waals surface area contributed by atoms with Crippen LogP contribution in [-0.2, 0) is 25.1 Å². The lowest BCUT2D eigenvalue weighted by atomic mass is 10.1. The Kier molecular flexibility index (Phi) is 7.17. The third-order valence-electron chi connectivity index (χ3n) is 3.72. The number of para-hydroxylation sites is 2. The number of carbonyl (C=O) groups is 2. The van der Waals surface area contributed by atoms with Crippen molar-refractivity contribution in [2.45, 2.75) is 25.7 Å². The number of esters is 1. The summed E-state index contributed by atoms with van der Waals surface area (Å²) in [5.41, 5.74) is 1.28. The molecule has 0 saturated carbocycles. The molecule has 0 bridgehead atoms. The Hall–Kier alpha value is -2.87. The monoisotopic (exact) mass is 405 g/mol. The van der Waals surface area contributed by atoms with Crippen LogP contribution in [0.3, 0.4) is 0 Å². The van der Waals surface area contributed by atoms with Crippen LogP contribution in [0.15, 0.2) is 48.5 Å². The van der Waals surface area contributed by atoms with E-state index < -0.39 is 27.8 Å². The van der Waals surface area contributed by atoms with Crippen LogP contribution in [0.1, 0.15) is 29.8 Å². The molecule has 0 aliphatic heterocycles. The number of benzene rings is 2. The minimum atomic E-state index is -3.16. The van der Waals surface area contributed by atoms with Crippen molar-refractivity contribution in [2.75, 3.05) is 18.2 Å². The van der Waals surface area contributed by atoms with E-state index in [1.807, 2.05) is 6.92 Å². The van der Waals surface area contributed by atoms with E-state index in [9.17, 15) is 18.0 Å². The van der Waals surface area contributed by atoms with E-state index in [0.29, 0.717) is 23.6 Å². The van der Waals surface area contributed by atoms with E-state index in [0.717, 1.165) is 6.26 Å². The lowest BCUT2D eigenvalue weighted by molar-refractivity contribution is -0.123. The first-order chi connectivity index (χ1) is 13.2. The summed E-state index contributed by atoms with van der Waals surface area (Å²) in [5, 5.41) is 2.68. The van der Waals surface area contributed by atoms with Gasteiger partial charge in [-0.3, -0.25) is 4.79 Å². The van der Waals surface area contributed by atoms with Gasteiger partial charge < -0.3 is 14.8 Å². The summed E-state index contributed by atoms with van der Waals surface area (Å²) in [7, 11) is -3.16. The smallest absolute Gasteiger partial charge is 0.338 e. The third-order valence-corrected chi connectivity index (χ3v) is 4.57. The molecule has 7 nitrogen and oxygen atoms in total. The highest BCUT2D eigenvalue weighted by atomic mass is 32.2. The Balaban J connectivity index is 1.99. The van der Waals surface area contributed by atoms with Crippen LogP contribution in [0.25, 0.3) is 0 Å². The molecule has 2 aromatic rings. The Morgan fingerprint density at radius 3 is 2.32 bits per heavy atom. The SMILES string of the molecule is CCOc1ccccc1NC(=O)[C@@H](C)OC(=O)c1ccc(CS(C)(=O)=O)cc1. The summed E-state index contributed by atoms with van der Waals surface area (Å²) in [6, 6.07) is 13.0. The molecule has 0 aromatic heterocycles. The molecule has 1 N–H and O–H groups in total. The summed E-state index contributed by atoms with van der Waals surface area (Å²) in [4.78, 5) is 24.6. The van der Waals surface area contributed by atoms with E-state index in [-0.39, 0.29) is 11.3 Å². The van der Waals surface area contributed by atoms with Gasteiger partial charge in [0.2, 0.25) is 0 Å². The van der Waals surface area contributed by atoms with Gasteiger partial charge in [0.05, 0.1) is 23.6 Å². The van der Waals surface area contributed by atoms with E-state index in [1.165, 1.54) is 19.1 Å². The fourth-order valence-electron chi connectivity index (χ4n) is 2.41. The van der Waals surface area contributed by atoms with Gasteiger partial charge in [-0.25, -0.2) is 13.2 Å². The molecule has 0 radical (unpaired) electrons. The number of nitrogens with one attached hydrogen (secondary N) is 1. The second kappa shape index (κ2) is 9.36. The van der Waals surface area contributed by atoms with Gasteiger partial charge in [-0.1, -0.05) is 24.3 Å². The number of carbonyl (C=O) groups excluding carboxylic acids is 2. The largest absolute Gasteiger partial charge is 0.492 e. The van der Waals surface area contributed by atoms with Gasteiger partial charge in [-0.05, 0) is 43.7 Å². The third kappa shape index (κ3) is 6.38. The van der Waals surface area contributed by atoms with E-state index in [1.54, 1.807) is 36.4 Å². The maximum absolute atomic E-state index is 12.3. The summed E-state index contributed by atoms with van der Waals surface area (Å²) < 4.78 is 33.3. The van der Waals surface area contributed by atoms with Crippen molar-refractivity contribution in [1.29, 1.82) is 0 Å². The highest BCUT2D eigenvalue weighted by Crippen LogP contribution is 2.24. The summed E-state index contributed by atoms with van der Waals surface area (Å²) in [6.45, 7) is 3.76. The van der Waals surface area contributed by atoms with Crippen molar-refractivity contribution in [3.8, 4) is 5.75 Å². The molecule has 0 fully saturated rings. The quantitative estimate of drug-likeness (QED) is 0.678. The first-order valence-electron chi connectivity index (χ1n) is 8.70. The number of anilines is 1. The van der Waals surface area contributed by atoms with Crippen LogP contribution in [0, 0.1) is 0 Å². The second-order valence-corrected chi connectivity index (χ2v) is 8.37. The van der Waals surface area contributed by atoms with Crippen molar-refractivity contribution in [3.05, 3.63) is 59.7 Å². The molecular weight excluding hydrogens is 382 g/mol. The number of hydrogen-bond acceptors (Lipinski definition) is 6. The molecule has 1 atom stereocenters. The second-order valence-electron chi connectivity index (χ2n) is 6.23. The van der Waals surface area contributed by atoms with Gasteiger partial charge in [0, 0.05) is 6.26 Å². The average molecular weight is 405 g/mol. The standard InChI is InChI=1S/C20H23NO6S/c1-4-26-18-8-6-5-7-17(18)21-19(22)14(2)27-20(23)16-11-9-15(10-12-16)13-28(3,24)25/h5-12,14H,4,13H2,1-3H3,(H,21,22)/t14-/m1/s1. The molecule has 28 heavy (non-hydrogen) atoms. The average Bonchev–Trinajstić information content (AvgIpc) is 2.62. The molecule has 8 heteroatoms. The molecule has 0 spiro atoms. The lowest BCUT2D eigenvalue weighted by Gasteiger charge is -2.15. The minimum absolute atomic E-state index is 0.111. The van der Waals surface area contributed by atoms with E-state index >= 15 is 0 Å².